The van der Waals surface area contributed by atoms with Crippen LogP contribution in [0.5, 0.6) is 5.75 Å². The highest BCUT2D eigenvalue weighted by molar-refractivity contribution is 5.95. The molecule has 1 N–H and O–H groups in total. The summed E-state index contributed by atoms with van der Waals surface area (Å²) < 4.78 is 16.0. The second-order valence-corrected chi connectivity index (χ2v) is 6.10. The molecule has 1 atom stereocenters. The minimum atomic E-state index is -1.06. The normalized spacial score (nSPS) is 16.7. The van der Waals surface area contributed by atoms with E-state index in [0.29, 0.717) is 24.5 Å². The maximum absolute atomic E-state index is 12.9. The molecule has 1 amide bonds. The molecule has 0 bridgehead atoms. The fourth-order valence-electron chi connectivity index (χ4n) is 3.13. The lowest BCUT2D eigenvalue weighted by Crippen LogP contribution is -2.30. The molecule has 2 heterocycles. The molecule has 0 spiro atoms. The molecule has 0 radical (unpaired) electrons. The van der Waals surface area contributed by atoms with Gasteiger partial charge in [-0.05, 0) is 43.2 Å². The highest BCUT2D eigenvalue weighted by Crippen LogP contribution is 2.34. The molecule has 7 nitrogen and oxygen atoms in total. The van der Waals surface area contributed by atoms with Gasteiger partial charge >= 0.3 is 5.97 Å². The van der Waals surface area contributed by atoms with Gasteiger partial charge in [0.2, 0.25) is 0 Å². The summed E-state index contributed by atoms with van der Waals surface area (Å²) in [6, 6.07) is 10.2. The zero-order chi connectivity index (χ0) is 18.5. The van der Waals surface area contributed by atoms with Crippen LogP contribution in [-0.2, 0) is 16.1 Å². The Hall–Kier alpha value is -2.80. The van der Waals surface area contributed by atoms with Gasteiger partial charge in [-0.3, -0.25) is 4.79 Å². The number of carboxylic acid groups (broad SMARTS) is 1. The Bertz CT molecular complexity index is 784. The van der Waals surface area contributed by atoms with Gasteiger partial charge in [0.25, 0.3) is 5.91 Å². The predicted octanol–water partition coefficient (Wildman–Crippen LogP) is 2.87. The molecule has 2 aromatic rings. The minimum absolute atomic E-state index is 0.114. The maximum atomic E-state index is 12.9. The number of nitrogens with zero attached hydrogens (tertiary/aromatic N) is 1. The summed E-state index contributed by atoms with van der Waals surface area (Å²) in [5.74, 6) is 0.644. The van der Waals surface area contributed by atoms with Crippen molar-refractivity contribution in [1.29, 1.82) is 0 Å². The molecule has 1 aliphatic rings. The van der Waals surface area contributed by atoms with Crippen LogP contribution in [0.2, 0.25) is 0 Å². The number of aliphatic carboxylic acids is 1. The lowest BCUT2D eigenvalue weighted by molar-refractivity contribution is -0.139. The molecule has 1 saturated heterocycles. The molecule has 26 heavy (non-hydrogen) atoms. The van der Waals surface area contributed by atoms with Gasteiger partial charge in [-0.15, -0.1) is 0 Å². The molecule has 1 aromatic carbocycles. The Balaban J connectivity index is 1.75. The number of furan rings is 1. The van der Waals surface area contributed by atoms with Crippen LogP contribution in [0.3, 0.4) is 0 Å². The van der Waals surface area contributed by atoms with E-state index in [2.05, 4.69) is 0 Å². The molecule has 138 valence electrons. The number of carbonyl (C=O) groups is 2. The summed E-state index contributed by atoms with van der Waals surface area (Å²) in [4.78, 5) is 25.4. The van der Waals surface area contributed by atoms with Crippen LogP contribution in [-0.4, -0.2) is 42.1 Å². The largest absolute Gasteiger partial charge is 0.482 e. The second-order valence-electron chi connectivity index (χ2n) is 6.10. The first-order chi connectivity index (χ1) is 12.6. The summed E-state index contributed by atoms with van der Waals surface area (Å²) in [6.07, 6.45) is 1.73. The standard InChI is InChI=1S/C19H21NO6/c1-24-11-15-7-8-17(26-15)16-6-3-9-20(16)19(23)13-4-2-5-14(10-13)25-12-18(21)22/h2,4-5,7-8,10,16H,3,6,9,11-12H2,1H3,(H,21,22). The lowest BCUT2D eigenvalue weighted by Gasteiger charge is -2.23. The number of ether oxygens (including phenoxy) is 2. The van der Waals surface area contributed by atoms with Crippen LogP contribution in [0.4, 0.5) is 0 Å². The summed E-state index contributed by atoms with van der Waals surface area (Å²) in [6.45, 7) is 0.590. The fourth-order valence-corrected chi connectivity index (χ4v) is 3.13. The Morgan fingerprint density at radius 1 is 1.31 bits per heavy atom. The van der Waals surface area contributed by atoms with Crippen molar-refractivity contribution < 1.29 is 28.6 Å². The van der Waals surface area contributed by atoms with Crippen molar-refractivity contribution in [2.75, 3.05) is 20.3 Å². The molecule has 1 unspecified atom stereocenters. The van der Waals surface area contributed by atoms with E-state index in [1.165, 1.54) is 0 Å². The molecule has 7 heteroatoms. The monoisotopic (exact) mass is 359 g/mol. The molecule has 0 aliphatic carbocycles. The van der Waals surface area contributed by atoms with Gasteiger partial charge in [-0.1, -0.05) is 6.07 Å². The van der Waals surface area contributed by atoms with Crippen molar-refractivity contribution >= 4 is 11.9 Å². The molecule has 1 aromatic heterocycles. The Morgan fingerprint density at radius 3 is 2.92 bits per heavy atom. The van der Waals surface area contributed by atoms with E-state index in [4.69, 9.17) is 19.0 Å². The van der Waals surface area contributed by atoms with Gasteiger partial charge in [-0.2, -0.15) is 0 Å². The second kappa shape index (κ2) is 8.05. The highest BCUT2D eigenvalue weighted by atomic mass is 16.5. The third kappa shape index (κ3) is 4.05. The van der Waals surface area contributed by atoms with Gasteiger partial charge in [0.05, 0.1) is 6.04 Å². The number of amides is 1. The van der Waals surface area contributed by atoms with Crippen LogP contribution in [0.25, 0.3) is 0 Å². The van der Waals surface area contributed by atoms with Crippen LogP contribution in [0.1, 0.15) is 40.8 Å². The number of hydrogen-bond acceptors (Lipinski definition) is 5. The molecular weight excluding hydrogens is 338 g/mol. The van der Waals surface area contributed by atoms with E-state index in [-0.39, 0.29) is 11.9 Å². The van der Waals surface area contributed by atoms with E-state index < -0.39 is 12.6 Å². The Morgan fingerprint density at radius 2 is 2.15 bits per heavy atom. The van der Waals surface area contributed by atoms with Crippen molar-refractivity contribution in [3.05, 3.63) is 53.5 Å². The molecule has 1 aliphatic heterocycles. The highest BCUT2D eigenvalue weighted by Gasteiger charge is 2.32. The fraction of sp³-hybridized carbons (Fsp3) is 0.368. The smallest absolute Gasteiger partial charge is 0.341 e. The third-order valence-electron chi connectivity index (χ3n) is 4.25. The van der Waals surface area contributed by atoms with Crippen molar-refractivity contribution in [3.63, 3.8) is 0 Å². The van der Waals surface area contributed by atoms with E-state index in [9.17, 15) is 9.59 Å². The molecule has 3 rings (SSSR count). The van der Waals surface area contributed by atoms with Crippen LogP contribution < -0.4 is 4.74 Å². The number of carbonyl (C=O) groups excluding carboxylic acids is 1. The summed E-state index contributed by atoms with van der Waals surface area (Å²) in [7, 11) is 1.60. The first-order valence-corrected chi connectivity index (χ1v) is 8.41. The Kier molecular flexibility index (Phi) is 5.58. The van der Waals surface area contributed by atoms with E-state index in [0.717, 1.165) is 24.4 Å². The topological polar surface area (TPSA) is 89.2 Å². The zero-order valence-corrected chi connectivity index (χ0v) is 14.5. The third-order valence-corrected chi connectivity index (χ3v) is 4.25. The number of likely N-dealkylation sites (tertiary alicyclic amines) is 1. The van der Waals surface area contributed by atoms with Crippen molar-refractivity contribution in [2.45, 2.75) is 25.5 Å². The molecular formula is C19H21NO6. The number of benzene rings is 1. The lowest BCUT2D eigenvalue weighted by atomic mass is 10.1. The van der Waals surface area contributed by atoms with Gasteiger partial charge < -0.3 is 23.9 Å². The van der Waals surface area contributed by atoms with E-state index in [1.54, 1.807) is 36.3 Å². The predicted molar refractivity (Wildman–Crippen MR) is 92.0 cm³/mol. The average molecular weight is 359 g/mol. The number of hydrogen-bond donors (Lipinski definition) is 1. The van der Waals surface area contributed by atoms with Crippen LogP contribution >= 0.6 is 0 Å². The molecule has 0 saturated carbocycles. The van der Waals surface area contributed by atoms with Crippen LogP contribution in [0, 0.1) is 0 Å². The van der Waals surface area contributed by atoms with Gasteiger partial charge in [0.1, 0.15) is 23.9 Å². The van der Waals surface area contributed by atoms with Crippen molar-refractivity contribution in [3.8, 4) is 5.75 Å². The summed E-state index contributed by atoms with van der Waals surface area (Å²) in [5.41, 5.74) is 0.462. The number of methoxy groups -OCH3 is 1. The van der Waals surface area contributed by atoms with Gasteiger partial charge in [-0.25, -0.2) is 4.79 Å². The van der Waals surface area contributed by atoms with E-state index >= 15 is 0 Å². The molecule has 1 fully saturated rings. The van der Waals surface area contributed by atoms with Crippen LogP contribution in [0.15, 0.2) is 40.8 Å². The number of carboxylic acids is 1. The van der Waals surface area contributed by atoms with Crippen molar-refractivity contribution in [1.82, 2.24) is 4.90 Å². The van der Waals surface area contributed by atoms with Gasteiger partial charge in [0, 0.05) is 19.2 Å². The quantitative estimate of drug-likeness (QED) is 0.818. The SMILES string of the molecule is COCc1ccc(C2CCCN2C(=O)c2cccc(OCC(=O)O)c2)o1. The minimum Gasteiger partial charge on any atom is -0.482 e. The first-order valence-electron chi connectivity index (χ1n) is 8.41. The van der Waals surface area contributed by atoms with E-state index in [1.807, 2.05) is 12.1 Å². The summed E-state index contributed by atoms with van der Waals surface area (Å²) >= 11 is 0. The Labute approximate surface area is 151 Å². The maximum Gasteiger partial charge on any atom is 0.341 e. The summed E-state index contributed by atoms with van der Waals surface area (Å²) in [5, 5.41) is 8.71. The first kappa shape index (κ1) is 18.0. The zero-order valence-electron chi connectivity index (χ0n) is 14.5. The van der Waals surface area contributed by atoms with Gasteiger partial charge in [0.15, 0.2) is 6.61 Å². The number of rotatable bonds is 7. The van der Waals surface area contributed by atoms with Crippen molar-refractivity contribution in [2.24, 2.45) is 0 Å². The average Bonchev–Trinajstić information content (AvgIpc) is 3.29.